The zero-order valence-electron chi connectivity index (χ0n) is 11.5. The molecular formula is C14H21NO2. The third-order valence-corrected chi connectivity index (χ3v) is 2.80. The van der Waals surface area contributed by atoms with E-state index in [0.717, 1.165) is 11.1 Å². The van der Waals surface area contributed by atoms with Crippen molar-refractivity contribution in [3.63, 3.8) is 0 Å². The quantitative estimate of drug-likeness (QED) is 0.541. The Hall–Kier alpha value is -1.38. The standard InChI is InChI=1S/C14H21NO2/c1-13(2,3)10-8-7-9-11(15(16)17)12(10)14(4,5)6/h7-9H,1-6H3. The first kappa shape index (κ1) is 13.7. The summed E-state index contributed by atoms with van der Waals surface area (Å²) in [6.45, 7) is 12.3. The Bertz CT molecular complexity index is 437. The number of benzene rings is 1. The van der Waals surface area contributed by atoms with Gasteiger partial charge in [-0.1, -0.05) is 53.7 Å². The van der Waals surface area contributed by atoms with Crippen molar-refractivity contribution in [2.45, 2.75) is 52.4 Å². The van der Waals surface area contributed by atoms with Crippen LogP contribution in [0.5, 0.6) is 0 Å². The lowest BCUT2D eigenvalue weighted by molar-refractivity contribution is -0.386. The van der Waals surface area contributed by atoms with Gasteiger partial charge in [-0.2, -0.15) is 0 Å². The molecule has 0 aliphatic carbocycles. The van der Waals surface area contributed by atoms with Gasteiger partial charge in [-0.05, 0) is 16.4 Å². The molecular weight excluding hydrogens is 214 g/mol. The summed E-state index contributed by atoms with van der Waals surface area (Å²) >= 11 is 0. The average molecular weight is 235 g/mol. The van der Waals surface area contributed by atoms with Crippen molar-refractivity contribution >= 4 is 5.69 Å². The molecule has 0 heterocycles. The highest BCUT2D eigenvalue weighted by Gasteiger charge is 2.31. The molecule has 0 radical (unpaired) electrons. The number of rotatable bonds is 1. The van der Waals surface area contributed by atoms with Crippen LogP contribution in [0.25, 0.3) is 0 Å². The van der Waals surface area contributed by atoms with E-state index < -0.39 is 0 Å². The van der Waals surface area contributed by atoms with Gasteiger partial charge in [0.2, 0.25) is 0 Å². The number of nitro benzene ring substituents is 1. The lowest BCUT2D eigenvalue weighted by Gasteiger charge is -2.29. The summed E-state index contributed by atoms with van der Waals surface area (Å²) in [7, 11) is 0. The Morgan fingerprint density at radius 1 is 1.00 bits per heavy atom. The fourth-order valence-electron chi connectivity index (χ4n) is 2.11. The molecule has 1 aromatic rings. The fourth-order valence-corrected chi connectivity index (χ4v) is 2.11. The normalized spacial score (nSPS) is 12.6. The van der Waals surface area contributed by atoms with Crippen molar-refractivity contribution in [3.8, 4) is 0 Å². The van der Waals surface area contributed by atoms with Gasteiger partial charge in [0.1, 0.15) is 0 Å². The SMILES string of the molecule is CC(C)(C)c1cccc([N+](=O)[O-])c1C(C)(C)C. The van der Waals surface area contributed by atoms with Crippen molar-refractivity contribution in [2.75, 3.05) is 0 Å². The van der Waals surface area contributed by atoms with Gasteiger partial charge >= 0.3 is 0 Å². The number of hydrogen-bond donors (Lipinski definition) is 0. The maximum absolute atomic E-state index is 11.2. The second-order valence-electron chi connectivity index (χ2n) is 6.46. The van der Waals surface area contributed by atoms with Gasteiger partial charge in [0.15, 0.2) is 0 Å². The molecule has 0 N–H and O–H groups in total. The van der Waals surface area contributed by atoms with Crippen LogP contribution >= 0.6 is 0 Å². The third kappa shape index (κ3) is 2.84. The van der Waals surface area contributed by atoms with Crippen molar-refractivity contribution in [3.05, 3.63) is 39.4 Å². The maximum atomic E-state index is 11.2. The Morgan fingerprint density at radius 3 is 1.88 bits per heavy atom. The predicted molar refractivity (Wildman–Crippen MR) is 70.5 cm³/mol. The first-order valence-corrected chi connectivity index (χ1v) is 5.83. The van der Waals surface area contributed by atoms with Crippen LogP contribution < -0.4 is 0 Å². The van der Waals surface area contributed by atoms with Crippen LogP contribution in [-0.4, -0.2) is 4.92 Å². The van der Waals surface area contributed by atoms with Crippen LogP contribution in [0.1, 0.15) is 52.7 Å². The minimum absolute atomic E-state index is 0.0887. The van der Waals surface area contributed by atoms with E-state index in [-0.39, 0.29) is 21.4 Å². The van der Waals surface area contributed by atoms with Crippen LogP contribution in [-0.2, 0) is 10.8 Å². The molecule has 3 nitrogen and oxygen atoms in total. The Labute approximate surface area is 103 Å². The molecule has 0 spiro atoms. The first-order chi connectivity index (χ1) is 7.55. The van der Waals surface area contributed by atoms with E-state index in [4.69, 9.17) is 0 Å². The lowest BCUT2D eigenvalue weighted by atomic mass is 9.74. The van der Waals surface area contributed by atoms with Crippen LogP contribution in [0.15, 0.2) is 18.2 Å². The average Bonchev–Trinajstić information content (AvgIpc) is 2.13. The Morgan fingerprint density at radius 2 is 1.53 bits per heavy atom. The number of hydrogen-bond acceptors (Lipinski definition) is 2. The van der Waals surface area contributed by atoms with E-state index >= 15 is 0 Å². The summed E-state index contributed by atoms with van der Waals surface area (Å²) in [4.78, 5) is 10.9. The molecule has 0 aliphatic heterocycles. The van der Waals surface area contributed by atoms with E-state index in [0.29, 0.717) is 0 Å². The maximum Gasteiger partial charge on any atom is 0.273 e. The number of nitro groups is 1. The lowest BCUT2D eigenvalue weighted by Crippen LogP contribution is -2.23. The molecule has 0 saturated heterocycles. The second kappa shape index (κ2) is 4.13. The Kier molecular flexibility index (Phi) is 3.33. The van der Waals surface area contributed by atoms with E-state index in [1.165, 1.54) is 0 Å². The van der Waals surface area contributed by atoms with Crippen LogP contribution in [0.4, 0.5) is 5.69 Å². The summed E-state index contributed by atoms with van der Waals surface area (Å²) < 4.78 is 0. The molecule has 0 aliphatic rings. The minimum Gasteiger partial charge on any atom is -0.258 e. The topological polar surface area (TPSA) is 43.1 Å². The van der Waals surface area contributed by atoms with E-state index in [2.05, 4.69) is 20.8 Å². The van der Waals surface area contributed by atoms with Gasteiger partial charge in [0.25, 0.3) is 5.69 Å². The van der Waals surface area contributed by atoms with Crippen LogP contribution in [0, 0.1) is 10.1 Å². The summed E-state index contributed by atoms with van der Waals surface area (Å²) in [6, 6.07) is 5.36. The van der Waals surface area contributed by atoms with Crippen molar-refractivity contribution in [1.29, 1.82) is 0 Å². The highest BCUT2D eigenvalue weighted by molar-refractivity contribution is 5.51. The van der Waals surface area contributed by atoms with E-state index in [1.54, 1.807) is 12.1 Å². The molecule has 1 rings (SSSR count). The molecule has 0 saturated carbocycles. The number of nitrogens with zero attached hydrogens (tertiary/aromatic N) is 1. The van der Waals surface area contributed by atoms with Gasteiger partial charge in [-0.25, -0.2) is 0 Å². The summed E-state index contributed by atoms with van der Waals surface area (Å²) in [5.74, 6) is 0. The van der Waals surface area contributed by atoms with Gasteiger partial charge in [-0.3, -0.25) is 10.1 Å². The molecule has 0 aromatic heterocycles. The second-order valence-corrected chi connectivity index (χ2v) is 6.46. The third-order valence-electron chi connectivity index (χ3n) is 2.80. The monoisotopic (exact) mass is 235 g/mol. The predicted octanol–water partition coefficient (Wildman–Crippen LogP) is 4.19. The summed E-state index contributed by atoms with van der Waals surface area (Å²) in [5, 5.41) is 11.2. The Balaban J connectivity index is 3.64. The van der Waals surface area contributed by atoms with Crippen LogP contribution in [0.2, 0.25) is 0 Å². The molecule has 1 aromatic carbocycles. The minimum atomic E-state index is -0.282. The molecule has 0 unspecified atom stereocenters. The highest BCUT2D eigenvalue weighted by Crippen LogP contribution is 2.39. The van der Waals surface area contributed by atoms with Gasteiger partial charge in [0, 0.05) is 11.6 Å². The summed E-state index contributed by atoms with van der Waals surface area (Å²) in [5.41, 5.74) is 1.81. The summed E-state index contributed by atoms with van der Waals surface area (Å²) in [6.07, 6.45) is 0. The fraction of sp³-hybridized carbons (Fsp3) is 0.571. The molecule has 0 amide bonds. The molecule has 0 atom stereocenters. The molecule has 3 heteroatoms. The molecule has 17 heavy (non-hydrogen) atoms. The highest BCUT2D eigenvalue weighted by atomic mass is 16.6. The van der Waals surface area contributed by atoms with Crippen LogP contribution in [0.3, 0.4) is 0 Å². The van der Waals surface area contributed by atoms with Crippen molar-refractivity contribution < 1.29 is 4.92 Å². The van der Waals surface area contributed by atoms with Gasteiger partial charge in [-0.15, -0.1) is 0 Å². The first-order valence-electron chi connectivity index (χ1n) is 5.83. The molecule has 94 valence electrons. The van der Waals surface area contributed by atoms with Crippen molar-refractivity contribution in [2.24, 2.45) is 0 Å². The smallest absolute Gasteiger partial charge is 0.258 e. The van der Waals surface area contributed by atoms with Crippen molar-refractivity contribution in [1.82, 2.24) is 0 Å². The largest absolute Gasteiger partial charge is 0.273 e. The van der Waals surface area contributed by atoms with Gasteiger partial charge < -0.3 is 0 Å². The van der Waals surface area contributed by atoms with E-state index in [1.807, 2.05) is 26.8 Å². The zero-order valence-corrected chi connectivity index (χ0v) is 11.5. The zero-order chi connectivity index (χ0) is 13.4. The van der Waals surface area contributed by atoms with Gasteiger partial charge in [0.05, 0.1) is 4.92 Å². The molecule has 0 fully saturated rings. The van der Waals surface area contributed by atoms with E-state index in [9.17, 15) is 10.1 Å². The molecule has 0 bridgehead atoms.